The van der Waals surface area contributed by atoms with Crippen LogP contribution in [0.5, 0.6) is 0 Å². The molecule has 0 radical (unpaired) electrons. The second-order valence-electron chi connectivity index (χ2n) is 3.50. The van der Waals surface area contributed by atoms with Gasteiger partial charge in [-0.05, 0) is 19.3 Å². The van der Waals surface area contributed by atoms with Gasteiger partial charge in [-0.2, -0.15) is 0 Å². The third-order valence-electron chi connectivity index (χ3n) is 1.44. The number of aliphatic hydroxyl groups excluding tert-OH is 3. The van der Waals surface area contributed by atoms with Crippen LogP contribution in [0.2, 0.25) is 0 Å². The van der Waals surface area contributed by atoms with Crippen LogP contribution in [0.15, 0.2) is 22.1 Å². The topological polar surface area (TPSA) is 60.7 Å². The number of allylic oxidation sites excluding steroid dienone is 4. The van der Waals surface area contributed by atoms with Gasteiger partial charge in [0.2, 0.25) is 0 Å². The summed E-state index contributed by atoms with van der Waals surface area (Å²) in [4.78, 5) is 0. The predicted octanol–water partition coefficient (Wildman–Crippen LogP) is 2.54. The summed E-state index contributed by atoms with van der Waals surface area (Å²) in [6.45, 7) is 6.75. The standard InChI is InChI=1S/C5H5.3C3H8O.Ti/c1-2-4-5-3-1;3*1-2-3-4;/h1-3H,4H2;3*4H,2-3H2,1H3;. The molecule has 18 heavy (non-hydrogen) atoms. The second-order valence-corrected chi connectivity index (χ2v) is 4.50. The third kappa shape index (κ3) is 36.0. The van der Waals surface area contributed by atoms with E-state index in [0.29, 0.717) is 19.8 Å². The van der Waals surface area contributed by atoms with E-state index < -0.39 is 0 Å². The van der Waals surface area contributed by atoms with Gasteiger partial charge in [0.25, 0.3) is 0 Å². The Morgan fingerprint density at radius 1 is 0.944 bits per heavy atom. The molecule has 0 fully saturated rings. The molecule has 107 valence electrons. The van der Waals surface area contributed by atoms with Crippen molar-refractivity contribution < 1.29 is 35.8 Å². The Bertz CT molecular complexity index is 164. The molecule has 3 nitrogen and oxygen atoms in total. The summed E-state index contributed by atoms with van der Waals surface area (Å²) < 4.78 is 1.47. The minimum atomic E-state index is 0.319. The first-order valence-corrected chi connectivity index (χ1v) is 7.32. The Balaban J connectivity index is -0.000000171. The quantitative estimate of drug-likeness (QED) is 0.701. The summed E-state index contributed by atoms with van der Waals surface area (Å²) in [5.74, 6) is 0. The summed E-state index contributed by atoms with van der Waals surface area (Å²) in [5, 5.41) is 23.6. The average molecular weight is 293 g/mol. The molecule has 1 aliphatic rings. The fraction of sp³-hybridized carbons (Fsp3) is 0.714. The molecule has 0 spiro atoms. The van der Waals surface area contributed by atoms with Gasteiger partial charge >= 0.3 is 49.0 Å². The van der Waals surface area contributed by atoms with Crippen molar-refractivity contribution in [3.05, 3.63) is 22.1 Å². The molecule has 3 N–H and O–H groups in total. The maximum atomic E-state index is 7.88. The normalized spacial score (nSPS) is 11.1. The first-order valence-electron chi connectivity index (χ1n) is 6.54. The van der Waals surface area contributed by atoms with Gasteiger partial charge in [-0.3, -0.25) is 0 Å². The molecule has 4 heteroatoms. The molecule has 0 aromatic carbocycles. The first kappa shape index (κ1) is 23.2. The van der Waals surface area contributed by atoms with Crippen LogP contribution in [-0.4, -0.2) is 35.1 Å². The Morgan fingerprint density at radius 2 is 1.28 bits per heavy atom. The number of rotatable bonds is 3. The molecule has 0 aromatic heterocycles. The van der Waals surface area contributed by atoms with Crippen LogP contribution in [0.4, 0.5) is 0 Å². The van der Waals surface area contributed by atoms with E-state index in [4.69, 9.17) is 15.3 Å². The molecule has 0 amide bonds. The molecule has 1 aliphatic carbocycles. The molecule has 0 bridgehead atoms. The van der Waals surface area contributed by atoms with Crippen LogP contribution < -0.4 is 0 Å². The van der Waals surface area contributed by atoms with Gasteiger partial charge in [-0.25, -0.2) is 0 Å². The van der Waals surface area contributed by atoms with E-state index >= 15 is 0 Å². The van der Waals surface area contributed by atoms with Gasteiger partial charge in [0.15, 0.2) is 0 Å². The van der Waals surface area contributed by atoms with Gasteiger partial charge in [0.1, 0.15) is 0 Å². The second kappa shape index (κ2) is 25.8. The molecule has 0 atom stereocenters. The molecule has 0 saturated heterocycles. The average Bonchev–Trinajstić information content (AvgIpc) is 2.90. The zero-order valence-electron chi connectivity index (χ0n) is 12.0. The Kier molecular flexibility index (Phi) is 33.2. The molecule has 0 aromatic rings. The van der Waals surface area contributed by atoms with Crippen molar-refractivity contribution in [3.63, 3.8) is 0 Å². The molecular weight excluding hydrogens is 264 g/mol. The fourth-order valence-electron chi connectivity index (χ4n) is 0.447. The van der Waals surface area contributed by atoms with Crippen molar-refractivity contribution in [2.45, 2.75) is 46.5 Å². The van der Waals surface area contributed by atoms with Crippen molar-refractivity contribution in [2.24, 2.45) is 0 Å². The van der Waals surface area contributed by atoms with Gasteiger partial charge in [0.05, 0.1) is 0 Å². The summed E-state index contributed by atoms with van der Waals surface area (Å²) in [6, 6.07) is 0. The molecule has 1 rings (SSSR count). The van der Waals surface area contributed by atoms with Gasteiger partial charge in [-0.1, -0.05) is 20.8 Å². The van der Waals surface area contributed by atoms with Gasteiger partial charge < -0.3 is 15.3 Å². The Hall–Kier alpha value is 0.0743. The number of hydrogen-bond acceptors (Lipinski definition) is 3. The summed E-state index contributed by atoms with van der Waals surface area (Å²) in [5.41, 5.74) is 0. The van der Waals surface area contributed by atoms with E-state index in [1.165, 1.54) is 10.3 Å². The SMILES string of the molecule is CCCO.CCCO.CCCO.[Ti][C]1=CC=CC1. The molecule has 0 saturated carbocycles. The molecule has 0 aliphatic heterocycles. The zero-order chi connectivity index (χ0) is 14.6. The van der Waals surface area contributed by atoms with Crippen LogP contribution in [0.25, 0.3) is 0 Å². The van der Waals surface area contributed by atoms with Crippen molar-refractivity contribution >= 4 is 0 Å². The van der Waals surface area contributed by atoms with Crippen molar-refractivity contribution in [3.8, 4) is 0 Å². The molecule has 0 unspecified atom stereocenters. The molecular formula is C14H29O3Ti. The van der Waals surface area contributed by atoms with Crippen LogP contribution in [0.1, 0.15) is 46.5 Å². The first-order chi connectivity index (χ1) is 8.64. The third-order valence-corrected chi connectivity index (χ3v) is 2.02. The van der Waals surface area contributed by atoms with E-state index in [1.807, 2.05) is 20.8 Å². The van der Waals surface area contributed by atoms with E-state index in [0.717, 1.165) is 19.3 Å². The number of aliphatic hydroxyl groups is 3. The maximum absolute atomic E-state index is 7.88. The minimum absolute atomic E-state index is 0.319. The van der Waals surface area contributed by atoms with Gasteiger partial charge in [-0.15, -0.1) is 0 Å². The van der Waals surface area contributed by atoms with E-state index in [1.54, 1.807) is 0 Å². The van der Waals surface area contributed by atoms with Crippen molar-refractivity contribution in [1.29, 1.82) is 0 Å². The predicted molar refractivity (Wildman–Crippen MR) is 74.0 cm³/mol. The van der Waals surface area contributed by atoms with Crippen LogP contribution in [0, 0.1) is 0 Å². The Labute approximate surface area is 124 Å². The Morgan fingerprint density at radius 3 is 1.33 bits per heavy atom. The molecule has 0 heterocycles. The zero-order valence-corrected chi connectivity index (χ0v) is 13.6. The summed E-state index contributed by atoms with van der Waals surface area (Å²) in [6.07, 6.45) is 10.2. The summed E-state index contributed by atoms with van der Waals surface area (Å²) in [7, 11) is 0. The van der Waals surface area contributed by atoms with Crippen LogP contribution in [0.3, 0.4) is 0 Å². The van der Waals surface area contributed by atoms with Crippen LogP contribution >= 0.6 is 0 Å². The van der Waals surface area contributed by atoms with Gasteiger partial charge in [0, 0.05) is 19.8 Å². The van der Waals surface area contributed by atoms with E-state index in [2.05, 4.69) is 38.7 Å². The monoisotopic (exact) mass is 293 g/mol. The fourth-order valence-corrected chi connectivity index (χ4v) is 0.782. The van der Waals surface area contributed by atoms with Crippen molar-refractivity contribution in [2.75, 3.05) is 19.8 Å². The van der Waals surface area contributed by atoms with E-state index in [-0.39, 0.29) is 0 Å². The summed E-state index contributed by atoms with van der Waals surface area (Å²) >= 11 is 2.14. The van der Waals surface area contributed by atoms with Crippen LogP contribution in [-0.2, 0) is 20.4 Å². The number of hydrogen-bond donors (Lipinski definition) is 3. The van der Waals surface area contributed by atoms with Crippen molar-refractivity contribution in [1.82, 2.24) is 0 Å². The van der Waals surface area contributed by atoms with E-state index in [9.17, 15) is 0 Å².